The zero-order valence-electron chi connectivity index (χ0n) is 15.2. The molecule has 0 spiro atoms. The molecule has 1 aromatic carbocycles. The van der Waals surface area contributed by atoms with E-state index >= 15 is 0 Å². The Morgan fingerprint density at radius 2 is 1.84 bits per heavy atom. The van der Waals surface area contributed by atoms with Crippen LogP contribution in [0, 0.1) is 11.7 Å². The minimum atomic E-state index is -0.284. The highest BCUT2D eigenvalue weighted by atomic mass is 127. The van der Waals surface area contributed by atoms with Crippen LogP contribution in [-0.2, 0) is 4.79 Å². The Labute approximate surface area is 166 Å². The van der Waals surface area contributed by atoms with Crippen LogP contribution in [0.5, 0.6) is 5.75 Å². The number of likely N-dealkylation sites (N-methyl/N-ethyl adjacent to an activating group) is 1. The number of hydrogen-bond acceptors (Lipinski definition) is 3. The first kappa shape index (κ1) is 23.4. The SMILES string of the molecule is CN=C(NCCNC(=O)C(C)C)N(C)CCOc1ccc(F)cc1.I. The van der Waals surface area contributed by atoms with Gasteiger partial charge in [-0.15, -0.1) is 24.0 Å². The van der Waals surface area contributed by atoms with Crippen LogP contribution in [0.4, 0.5) is 4.39 Å². The van der Waals surface area contributed by atoms with E-state index in [1.807, 2.05) is 25.8 Å². The van der Waals surface area contributed by atoms with Crippen molar-refractivity contribution in [1.82, 2.24) is 15.5 Å². The number of benzene rings is 1. The number of carbonyl (C=O) groups excluding carboxylic acids is 1. The van der Waals surface area contributed by atoms with E-state index in [-0.39, 0.29) is 41.6 Å². The monoisotopic (exact) mass is 466 g/mol. The lowest BCUT2D eigenvalue weighted by Crippen LogP contribution is -2.44. The molecule has 0 atom stereocenters. The first-order valence-corrected chi connectivity index (χ1v) is 8.02. The molecule has 0 aromatic heterocycles. The summed E-state index contributed by atoms with van der Waals surface area (Å²) < 4.78 is 18.4. The van der Waals surface area contributed by atoms with Gasteiger partial charge in [0.1, 0.15) is 18.2 Å². The van der Waals surface area contributed by atoms with Crippen LogP contribution in [-0.4, -0.2) is 57.1 Å². The zero-order valence-corrected chi connectivity index (χ0v) is 17.5. The molecular weight excluding hydrogens is 438 g/mol. The summed E-state index contributed by atoms with van der Waals surface area (Å²) in [5, 5.41) is 6.02. The van der Waals surface area contributed by atoms with Gasteiger partial charge in [0.15, 0.2) is 5.96 Å². The molecule has 142 valence electrons. The Morgan fingerprint density at radius 1 is 1.24 bits per heavy atom. The van der Waals surface area contributed by atoms with Gasteiger partial charge >= 0.3 is 0 Å². The Hall–Kier alpha value is -1.58. The summed E-state index contributed by atoms with van der Waals surface area (Å²) in [6, 6.07) is 5.93. The molecular formula is C17H28FIN4O2. The molecule has 1 amide bonds. The second-order valence-corrected chi connectivity index (χ2v) is 5.64. The standard InChI is InChI=1S/C17H27FN4O2.HI/c1-13(2)16(23)20-9-10-21-17(19-3)22(4)11-12-24-15-7-5-14(18)6-8-15;/h5-8,13H,9-12H2,1-4H3,(H,19,21)(H,20,23);1H. The van der Waals surface area contributed by atoms with Gasteiger partial charge in [0.25, 0.3) is 0 Å². The summed E-state index contributed by atoms with van der Waals surface area (Å²) in [4.78, 5) is 17.6. The molecule has 8 heteroatoms. The molecule has 6 nitrogen and oxygen atoms in total. The van der Waals surface area contributed by atoms with Crippen LogP contribution >= 0.6 is 24.0 Å². The number of rotatable bonds is 8. The van der Waals surface area contributed by atoms with E-state index in [4.69, 9.17) is 4.74 Å². The van der Waals surface area contributed by atoms with Gasteiger partial charge in [0.05, 0.1) is 6.54 Å². The molecule has 1 rings (SSSR count). The lowest BCUT2D eigenvalue weighted by molar-refractivity contribution is -0.123. The summed E-state index contributed by atoms with van der Waals surface area (Å²) in [6.45, 7) is 5.92. The molecule has 1 aromatic rings. The Kier molecular flexibility index (Phi) is 11.9. The molecule has 0 heterocycles. The van der Waals surface area contributed by atoms with Gasteiger partial charge in [-0.3, -0.25) is 9.79 Å². The Morgan fingerprint density at radius 3 is 2.40 bits per heavy atom. The first-order chi connectivity index (χ1) is 11.4. The third-order valence-corrected chi connectivity index (χ3v) is 3.31. The number of hydrogen-bond donors (Lipinski definition) is 2. The maximum absolute atomic E-state index is 12.8. The Bertz CT molecular complexity index is 538. The fourth-order valence-corrected chi connectivity index (χ4v) is 1.89. The number of halogens is 2. The predicted octanol–water partition coefficient (Wildman–Crippen LogP) is 2.10. The summed E-state index contributed by atoms with van der Waals surface area (Å²) in [5.41, 5.74) is 0. The van der Waals surface area contributed by atoms with Crippen LogP contribution in [0.2, 0.25) is 0 Å². The van der Waals surface area contributed by atoms with Crippen molar-refractivity contribution in [3.63, 3.8) is 0 Å². The van der Waals surface area contributed by atoms with Gasteiger partial charge in [-0.1, -0.05) is 13.8 Å². The van der Waals surface area contributed by atoms with Crippen molar-refractivity contribution in [2.45, 2.75) is 13.8 Å². The largest absolute Gasteiger partial charge is 0.492 e. The van der Waals surface area contributed by atoms with E-state index < -0.39 is 0 Å². The average molecular weight is 466 g/mol. The highest BCUT2D eigenvalue weighted by Gasteiger charge is 2.07. The topological polar surface area (TPSA) is 66.0 Å². The fourth-order valence-electron chi connectivity index (χ4n) is 1.89. The van der Waals surface area contributed by atoms with E-state index in [0.29, 0.717) is 32.0 Å². The van der Waals surface area contributed by atoms with Crippen molar-refractivity contribution < 1.29 is 13.9 Å². The molecule has 0 aliphatic rings. The van der Waals surface area contributed by atoms with E-state index in [1.54, 1.807) is 19.2 Å². The second kappa shape index (κ2) is 12.7. The van der Waals surface area contributed by atoms with Gasteiger partial charge < -0.3 is 20.3 Å². The molecule has 2 N–H and O–H groups in total. The van der Waals surface area contributed by atoms with E-state index in [9.17, 15) is 9.18 Å². The van der Waals surface area contributed by atoms with Crippen LogP contribution in [0.1, 0.15) is 13.8 Å². The molecule has 0 radical (unpaired) electrons. The molecule has 0 saturated carbocycles. The highest BCUT2D eigenvalue weighted by Crippen LogP contribution is 2.10. The molecule has 0 unspecified atom stereocenters. The number of nitrogens with zero attached hydrogens (tertiary/aromatic N) is 2. The summed E-state index contributed by atoms with van der Waals surface area (Å²) in [5.74, 6) is 1.08. The van der Waals surface area contributed by atoms with Crippen LogP contribution in [0.25, 0.3) is 0 Å². The summed E-state index contributed by atoms with van der Waals surface area (Å²) in [7, 11) is 3.60. The van der Waals surface area contributed by atoms with Crippen molar-refractivity contribution in [2.24, 2.45) is 10.9 Å². The van der Waals surface area contributed by atoms with Gasteiger partial charge in [0.2, 0.25) is 5.91 Å². The highest BCUT2D eigenvalue weighted by molar-refractivity contribution is 14.0. The van der Waals surface area contributed by atoms with Crippen molar-refractivity contribution in [2.75, 3.05) is 40.3 Å². The summed E-state index contributed by atoms with van der Waals surface area (Å²) in [6.07, 6.45) is 0. The van der Waals surface area contributed by atoms with Gasteiger partial charge in [-0.2, -0.15) is 0 Å². The smallest absolute Gasteiger partial charge is 0.222 e. The van der Waals surface area contributed by atoms with Crippen molar-refractivity contribution in [3.05, 3.63) is 30.1 Å². The number of amides is 1. The van der Waals surface area contributed by atoms with E-state index in [2.05, 4.69) is 15.6 Å². The minimum absolute atomic E-state index is 0. The fraction of sp³-hybridized carbons (Fsp3) is 0.529. The predicted molar refractivity (Wildman–Crippen MR) is 109 cm³/mol. The van der Waals surface area contributed by atoms with Crippen LogP contribution in [0.3, 0.4) is 0 Å². The quantitative estimate of drug-likeness (QED) is 0.267. The van der Waals surface area contributed by atoms with Crippen molar-refractivity contribution in [3.8, 4) is 5.75 Å². The number of ether oxygens (including phenoxy) is 1. The third-order valence-electron chi connectivity index (χ3n) is 3.31. The third kappa shape index (κ3) is 9.47. The molecule has 0 fully saturated rings. The second-order valence-electron chi connectivity index (χ2n) is 5.64. The lowest BCUT2D eigenvalue weighted by Gasteiger charge is -2.22. The zero-order chi connectivity index (χ0) is 17.9. The maximum atomic E-state index is 12.8. The van der Waals surface area contributed by atoms with Crippen molar-refractivity contribution >= 4 is 35.8 Å². The molecule has 0 aliphatic carbocycles. The normalized spacial score (nSPS) is 10.9. The van der Waals surface area contributed by atoms with E-state index in [1.165, 1.54) is 12.1 Å². The van der Waals surface area contributed by atoms with Gasteiger partial charge in [-0.05, 0) is 24.3 Å². The summed E-state index contributed by atoms with van der Waals surface area (Å²) >= 11 is 0. The average Bonchev–Trinajstić information content (AvgIpc) is 2.56. The van der Waals surface area contributed by atoms with Crippen LogP contribution in [0.15, 0.2) is 29.3 Å². The minimum Gasteiger partial charge on any atom is -0.492 e. The maximum Gasteiger partial charge on any atom is 0.222 e. The number of guanidine groups is 1. The molecule has 0 saturated heterocycles. The molecule has 25 heavy (non-hydrogen) atoms. The number of carbonyl (C=O) groups is 1. The number of nitrogens with one attached hydrogen (secondary N) is 2. The lowest BCUT2D eigenvalue weighted by atomic mass is 10.2. The van der Waals surface area contributed by atoms with Gasteiger partial charge in [0, 0.05) is 33.1 Å². The molecule has 0 bridgehead atoms. The van der Waals surface area contributed by atoms with Crippen LogP contribution < -0.4 is 15.4 Å². The number of aliphatic imine (C=N–C) groups is 1. The molecule has 0 aliphatic heterocycles. The van der Waals surface area contributed by atoms with Crippen molar-refractivity contribution in [1.29, 1.82) is 0 Å². The Balaban J connectivity index is 0.00000576. The van der Waals surface area contributed by atoms with E-state index in [0.717, 1.165) is 5.96 Å². The van der Waals surface area contributed by atoms with Gasteiger partial charge in [-0.25, -0.2) is 4.39 Å². The first-order valence-electron chi connectivity index (χ1n) is 8.02.